The number of anilines is 1. The molecule has 0 saturated carbocycles. The molecule has 1 aromatic rings. The van der Waals surface area contributed by atoms with E-state index < -0.39 is 6.09 Å². The van der Waals surface area contributed by atoms with Crippen molar-refractivity contribution in [1.29, 1.82) is 0 Å². The maximum absolute atomic E-state index is 11.9. The fraction of sp³-hybridized carbons (Fsp3) is 0.500. The molecule has 6 nitrogen and oxygen atoms in total. The second kappa shape index (κ2) is 8.92. The Hall–Kier alpha value is -2.24. The Kier molecular flexibility index (Phi) is 7.22. The van der Waals surface area contributed by atoms with Crippen molar-refractivity contribution in [2.75, 3.05) is 39.0 Å². The standard InChI is InChI=1S/C16H25N3O3/c1-5-17-15-8-6-14(7-9-15)12-22-16(21)19(4)11-10-18(3)13(2)20/h6-9,17H,5,10-12H2,1-4H3. The molecule has 0 fully saturated rings. The quantitative estimate of drug-likeness (QED) is 0.838. The molecular formula is C16H25N3O3. The molecule has 0 atom stereocenters. The lowest BCUT2D eigenvalue weighted by atomic mass is 10.2. The van der Waals surface area contributed by atoms with Gasteiger partial charge in [0.2, 0.25) is 5.91 Å². The predicted octanol–water partition coefficient (Wildman–Crippen LogP) is 2.17. The Bertz CT molecular complexity index is 488. The zero-order chi connectivity index (χ0) is 16.5. The first-order valence-corrected chi connectivity index (χ1v) is 7.36. The summed E-state index contributed by atoms with van der Waals surface area (Å²) in [7, 11) is 3.36. The summed E-state index contributed by atoms with van der Waals surface area (Å²) in [5.74, 6) is -0.0254. The van der Waals surface area contributed by atoms with Crippen molar-refractivity contribution < 1.29 is 14.3 Å². The first kappa shape index (κ1) is 17.8. The molecule has 0 aromatic heterocycles. The number of rotatable bonds is 7. The number of carbonyl (C=O) groups excluding carboxylic acids is 2. The number of likely N-dealkylation sites (N-methyl/N-ethyl adjacent to an activating group) is 2. The molecule has 1 aromatic carbocycles. The number of benzene rings is 1. The van der Waals surface area contributed by atoms with Crippen molar-refractivity contribution >= 4 is 17.7 Å². The summed E-state index contributed by atoms with van der Waals surface area (Å²) in [5.41, 5.74) is 1.98. The van der Waals surface area contributed by atoms with Crippen LogP contribution in [0.1, 0.15) is 19.4 Å². The summed E-state index contributed by atoms with van der Waals surface area (Å²) < 4.78 is 5.25. The average molecular weight is 307 g/mol. The lowest BCUT2D eigenvalue weighted by molar-refractivity contribution is -0.127. The second-order valence-electron chi connectivity index (χ2n) is 5.14. The molecule has 6 heteroatoms. The van der Waals surface area contributed by atoms with Gasteiger partial charge < -0.3 is 19.9 Å². The van der Waals surface area contributed by atoms with E-state index in [0.717, 1.165) is 17.8 Å². The molecule has 2 amide bonds. The van der Waals surface area contributed by atoms with E-state index in [2.05, 4.69) is 5.32 Å². The lowest BCUT2D eigenvalue weighted by Crippen LogP contribution is -2.36. The minimum absolute atomic E-state index is 0.0254. The van der Waals surface area contributed by atoms with E-state index in [9.17, 15) is 9.59 Å². The zero-order valence-electron chi connectivity index (χ0n) is 13.8. The summed E-state index contributed by atoms with van der Waals surface area (Å²) >= 11 is 0. The topological polar surface area (TPSA) is 61.9 Å². The molecule has 22 heavy (non-hydrogen) atoms. The second-order valence-corrected chi connectivity index (χ2v) is 5.14. The molecule has 0 aliphatic rings. The molecule has 0 spiro atoms. The van der Waals surface area contributed by atoms with Gasteiger partial charge >= 0.3 is 6.09 Å². The van der Waals surface area contributed by atoms with Crippen molar-refractivity contribution in [3.8, 4) is 0 Å². The molecule has 122 valence electrons. The van der Waals surface area contributed by atoms with Crippen LogP contribution in [0.2, 0.25) is 0 Å². The van der Waals surface area contributed by atoms with Crippen LogP contribution in [0.25, 0.3) is 0 Å². The number of hydrogen-bond donors (Lipinski definition) is 1. The van der Waals surface area contributed by atoms with Gasteiger partial charge in [-0.1, -0.05) is 12.1 Å². The Morgan fingerprint density at radius 2 is 1.68 bits per heavy atom. The third kappa shape index (κ3) is 6.03. The first-order valence-electron chi connectivity index (χ1n) is 7.36. The van der Waals surface area contributed by atoms with Crippen LogP contribution in [0.15, 0.2) is 24.3 Å². The van der Waals surface area contributed by atoms with Crippen LogP contribution in [0.4, 0.5) is 10.5 Å². The van der Waals surface area contributed by atoms with E-state index in [0.29, 0.717) is 13.1 Å². The van der Waals surface area contributed by atoms with E-state index in [4.69, 9.17) is 4.74 Å². The van der Waals surface area contributed by atoms with E-state index in [1.807, 2.05) is 31.2 Å². The monoisotopic (exact) mass is 307 g/mol. The van der Waals surface area contributed by atoms with Crippen LogP contribution >= 0.6 is 0 Å². The first-order chi connectivity index (χ1) is 10.4. The van der Waals surface area contributed by atoms with Gasteiger partial charge in [-0.2, -0.15) is 0 Å². The lowest BCUT2D eigenvalue weighted by Gasteiger charge is -2.21. The summed E-state index contributed by atoms with van der Waals surface area (Å²) in [4.78, 5) is 26.0. The zero-order valence-corrected chi connectivity index (χ0v) is 13.8. The fourth-order valence-electron chi connectivity index (χ4n) is 1.73. The molecule has 0 radical (unpaired) electrons. The number of nitrogens with zero attached hydrogens (tertiary/aromatic N) is 2. The van der Waals surface area contributed by atoms with E-state index in [-0.39, 0.29) is 12.5 Å². The normalized spacial score (nSPS) is 10.0. The molecule has 0 aliphatic carbocycles. The van der Waals surface area contributed by atoms with Gasteiger partial charge in [-0.05, 0) is 24.6 Å². The molecule has 0 heterocycles. The highest BCUT2D eigenvalue weighted by molar-refractivity contribution is 5.73. The molecule has 0 aliphatic heterocycles. The number of hydrogen-bond acceptors (Lipinski definition) is 4. The third-order valence-corrected chi connectivity index (χ3v) is 3.32. The van der Waals surface area contributed by atoms with Gasteiger partial charge in [-0.15, -0.1) is 0 Å². The van der Waals surface area contributed by atoms with Crippen molar-refractivity contribution in [2.45, 2.75) is 20.5 Å². The third-order valence-electron chi connectivity index (χ3n) is 3.32. The Labute approximate surface area is 132 Å². The van der Waals surface area contributed by atoms with Crippen LogP contribution in [0.5, 0.6) is 0 Å². The minimum atomic E-state index is -0.396. The highest BCUT2D eigenvalue weighted by atomic mass is 16.6. The Balaban J connectivity index is 2.36. The SMILES string of the molecule is CCNc1ccc(COC(=O)N(C)CCN(C)C(C)=O)cc1. The van der Waals surface area contributed by atoms with Crippen molar-refractivity contribution in [3.05, 3.63) is 29.8 Å². The van der Waals surface area contributed by atoms with Crippen LogP contribution in [-0.4, -0.2) is 55.5 Å². The van der Waals surface area contributed by atoms with Gasteiger partial charge in [-0.25, -0.2) is 4.79 Å². The maximum Gasteiger partial charge on any atom is 0.409 e. The van der Waals surface area contributed by atoms with Gasteiger partial charge in [0.15, 0.2) is 0 Å². The van der Waals surface area contributed by atoms with Crippen LogP contribution < -0.4 is 5.32 Å². The Morgan fingerprint density at radius 3 is 2.23 bits per heavy atom. The van der Waals surface area contributed by atoms with E-state index in [1.54, 1.807) is 19.0 Å². The van der Waals surface area contributed by atoms with Gasteiger partial charge in [0.1, 0.15) is 6.61 Å². The predicted molar refractivity (Wildman–Crippen MR) is 86.7 cm³/mol. The van der Waals surface area contributed by atoms with Crippen LogP contribution in [0.3, 0.4) is 0 Å². The number of amides is 2. The summed E-state index contributed by atoms with van der Waals surface area (Å²) in [6.07, 6.45) is -0.396. The average Bonchev–Trinajstić information content (AvgIpc) is 2.51. The highest BCUT2D eigenvalue weighted by Gasteiger charge is 2.11. The van der Waals surface area contributed by atoms with Crippen LogP contribution in [0, 0.1) is 0 Å². The van der Waals surface area contributed by atoms with Gasteiger partial charge in [-0.3, -0.25) is 4.79 Å². The molecular weight excluding hydrogens is 282 g/mol. The van der Waals surface area contributed by atoms with E-state index in [1.165, 1.54) is 11.8 Å². The van der Waals surface area contributed by atoms with Crippen molar-refractivity contribution in [2.24, 2.45) is 0 Å². The molecule has 1 N–H and O–H groups in total. The minimum Gasteiger partial charge on any atom is -0.445 e. The highest BCUT2D eigenvalue weighted by Crippen LogP contribution is 2.10. The van der Waals surface area contributed by atoms with Crippen LogP contribution in [-0.2, 0) is 16.1 Å². The van der Waals surface area contributed by atoms with Gasteiger partial charge in [0, 0.05) is 46.3 Å². The number of ether oxygens (including phenoxy) is 1. The molecule has 0 saturated heterocycles. The molecule has 1 rings (SSSR count). The van der Waals surface area contributed by atoms with Crippen molar-refractivity contribution in [1.82, 2.24) is 9.80 Å². The molecule has 0 bridgehead atoms. The maximum atomic E-state index is 11.9. The van der Waals surface area contributed by atoms with Crippen molar-refractivity contribution in [3.63, 3.8) is 0 Å². The number of carbonyl (C=O) groups is 2. The summed E-state index contributed by atoms with van der Waals surface area (Å²) in [6.45, 7) is 5.56. The molecule has 0 unspecified atom stereocenters. The smallest absolute Gasteiger partial charge is 0.409 e. The fourth-order valence-corrected chi connectivity index (χ4v) is 1.73. The summed E-state index contributed by atoms with van der Waals surface area (Å²) in [5, 5.41) is 3.21. The Morgan fingerprint density at radius 1 is 1.09 bits per heavy atom. The van der Waals surface area contributed by atoms with E-state index >= 15 is 0 Å². The number of nitrogens with one attached hydrogen (secondary N) is 1. The van der Waals surface area contributed by atoms with Gasteiger partial charge in [0.25, 0.3) is 0 Å². The summed E-state index contributed by atoms with van der Waals surface area (Å²) in [6, 6.07) is 7.76. The largest absolute Gasteiger partial charge is 0.445 e. The van der Waals surface area contributed by atoms with Gasteiger partial charge in [0.05, 0.1) is 0 Å².